The molecule has 2 unspecified atom stereocenters. The molecule has 6 heteroatoms. The van der Waals surface area contributed by atoms with Crippen molar-refractivity contribution in [2.75, 3.05) is 13.2 Å². The van der Waals surface area contributed by atoms with E-state index in [0.29, 0.717) is 24.9 Å². The zero-order valence-electron chi connectivity index (χ0n) is 17.1. The fourth-order valence-electron chi connectivity index (χ4n) is 4.80. The predicted molar refractivity (Wildman–Crippen MR) is 113 cm³/mol. The maximum absolute atomic E-state index is 10.6. The van der Waals surface area contributed by atoms with Gasteiger partial charge in [-0.1, -0.05) is 31.4 Å². The van der Waals surface area contributed by atoms with Crippen LogP contribution in [0.15, 0.2) is 12.2 Å². The molecule has 4 nitrogen and oxygen atoms in total. The molecule has 0 amide bonds. The highest BCUT2D eigenvalue weighted by Crippen LogP contribution is 2.42. The van der Waals surface area contributed by atoms with Crippen LogP contribution in [-0.2, 0) is 13.8 Å². The molecule has 0 radical (unpaired) electrons. The fraction of sp³-hybridized carbons (Fsp3) is 0.900. The summed E-state index contributed by atoms with van der Waals surface area (Å²) in [6.45, 7) is 3.34. The molecule has 2 rings (SSSR count). The Kier molecular flexibility index (Phi) is 10.4. The highest BCUT2D eigenvalue weighted by atomic mass is 31.0. The van der Waals surface area contributed by atoms with Gasteiger partial charge in [-0.2, -0.15) is 0 Å². The first-order valence-corrected chi connectivity index (χ1v) is 11.2. The summed E-state index contributed by atoms with van der Waals surface area (Å²) >= 11 is 0. The summed E-state index contributed by atoms with van der Waals surface area (Å²) in [6, 6.07) is 0. The van der Waals surface area contributed by atoms with Gasteiger partial charge in [-0.3, -0.25) is 0 Å². The predicted octanol–water partition coefficient (Wildman–Crippen LogP) is 4.68. The Morgan fingerprint density at radius 3 is 2.73 bits per heavy atom. The Morgan fingerprint density at radius 1 is 1.23 bits per heavy atom. The van der Waals surface area contributed by atoms with Crippen molar-refractivity contribution in [2.45, 2.75) is 83.0 Å². The molecule has 2 fully saturated rings. The molecule has 0 bridgehead atoms. The van der Waals surface area contributed by atoms with Gasteiger partial charge in [0, 0.05) is 31.9 Å². The van der Waals surface area contributed by atoms with Crippen LogP contribution in [0.5, 0.6) is 0 Å². The van der Waals surface area contributed by atoms with Crippen LogP contribution in [0, 0.1) is 17.8 Å². The molecular weight excluding hydrogens is 366 g/mol. The van der Waals surface area contributed by atoms with Crippen LogP contribution in [-0.4, -0.2) is 37.9 Å². The Hall–Kier alpha value is 0.440. The van der Waals surface area contributed by atoms with E-state index in [2.05, 4.69) is 15.5 Å². The van der Waals surface area contributed by atoms with Crippen molar-refractivity contribution < 1.29 is 18.9 Å². The molecule has 0 aliphatic heterocycles. The highest BCUT2D eigenvalue weighted by molar-refractivity contribution is 7.10. The van der Waals surface area contributed by atoms with Gasteiger partial charge in [-0.15, -0.1) is 0 Å². The van der Waals surface area contributed by atoms with Crippen LogP contribution >= 0.6 is 18.9 Å². The van der Waals surface area contributed by atoms with E-state index < -0.39 is 0 Å². The van der Waals surface area contributed by atoms with E-state index in [0.717, 1.165) is 25.9 Å². The van der Waals surface area contributed by atoms with Gasteiger partial charge in [-0.05, 0) is 56.8 Å². The normalized spacial score (nSPS) is 32.7. The van der Waals surface area contributed by atoms with Crippen molar-refractivity contribution in [2.24, 2.45) is 17.8 Å². The first-order valence-electron chi connectivity index (χ1n) is 10.8. The van der Waals surface area contributed by atoms with Crippen LogP contribution in [0.4, 0.5) is 0 Å². The molecule has 2 saturated carbocycles. The number of hydrogen-bond acceptors (Lipinski definition) is 4. The Bertz CT molecular complexity index is 421. The number of aliphatic hydroxyl groups is 1. The van der Waals surface area contributed by atoms with Gasteiger partial charge < -0.3 is 18.9 Å². The molecule has 0 spiro atoms. The monoisotopic (exact) mass is 406 g/mol. The second-order valence-corrected chi connectivity index (χ2v) is 8.31. The minimum absolute atomic E-state index is 0.00219. The van der Waals surface area contributed by atoms with Crippen LogP contribution in [0.3, 0.4) is 0 Å². The Morgan fingerprint density at radius 2 is 2.04 bits per heavy atom. The smallest absolute Gasteiger partial charge is 0.0851 e. The molecule has 26 heavy (non-hydrogen) atoms. The van der Waals surface area contributed by atoms with Crippen LogP contribution < -0.4 is 0 Å². The van der Waals surface area contributed by atoms with Gasteiger partial charge >= 0.3 is 0 Å². The molecule has 7 atom stereocenters. The fourth-order valence-corrected chi connectivity index (χ4v) is 5.43. The number of aliphatic hydroxyl groups excluding tert-OH is 1. The zero-order valence-corrected chi connectivity index (χ0v) is 18.3. The van der Waals surface area contributed by atoms with Gasteiger partial charge in [0.2, 0.25) is 0 Å². The molecular formula is C20H38O4P2. The van der Waals surface area contributed by atoms with Crippen molar-refractivity contribution in [3.05, 3.63) is 12.2 Å². The van der Waals surface area contributed by atoms with Crippen molar-refractivity contribution in [3.63, 3.8) is 0 Å². The van der Waals surface area contributed by atoms with Gasteiger partial charge in [0.05, 0.1) is 26.2 Å². The average molecular weight is 406 g/mol. The van der Waals surface area contributed by atoms with Crippen LogP contribution in [0.25, 0.3) is 0 Å². The summed E-state index contributed by atoms with van der Waals surface area (Å²) in [5, 5.41) is 10.6. The number of rotatable bonds is 12. The van der Waals surface area contributed by atoms with Crippen molar-refractivity contribution in [3.8, 4) is 0 Å². The molecule has 2 aliphatic rings. The summed E-state index contributed by atoms with van der Waals surface area (Å²) in [5.41, 5.74) is 0. The van der Waals surface area contributed by atoms with Gasteiger partial charge in [0.1, 0.15) is 0 Å². The van der Waals surface area contributed by atoms with Crippen molar-refractivity contribution >= 4 is 18.9 Å². The van der Waals surface area contributed by atoms with E-state index in [-0.39, 0.29) is 33.6 Å². The van der Waals surface area contributed by atoms with E-state index in [9.17, 15) is 5.11 Å². The lowest BCUT2D eigenvalue weighted by molar-refractivity contribution is 0.0859. The van der Waals surface area contributed by atoms with E-state index >= 15 is 0 Å². The van der Waals surface area contributed by atoms with Crippen molar-refractivity contribution in [1.29, 1.82) is 1.28 Å². The van der Waals surface area contributed by atoms with E-state index in [1.165, 1.54) is 32.1 Å². The summed E-state index contributed by atoms with van der Waals surface area (Å²) in [5.74, 6) is 1.14. The third-order valence-corrected chi connectivity index (χ3v) is 6.93. The first-order chi connectivity index (χ1) is 13.2. The standard InChI is InChI=1S/C20H38O4P2/c1-2-22-13-7-6-10-16-17(20(24-26)14-18(16)21)11-12-19(23-25)15-8-4-3-5-9-15/h6-7,15-21H,2-5,8-14,25-26H2,1H3/b7-6-/t16-,17-,18+,19-,20-/m1/s1/i26T/t16-,17-,18+,19-,20-,26?. The minimum Gasteiger partial charge on any atom is -0.393 e. The summed E-state index contributed by atoms with van der Waals surface area (Å²) in [6.07, 6.45) is 14.1. The van der Waals surface area contributed by atoms with Crippen LogP contribution in [0.2, 0.25) is 0 Å². The highest BCUT2D eigenvalue weighted by Gasteiger charge is 2.42. The lowest BCUT2D eigenvalue weighted by Crippen LogP contribution is -2.27. The summed E-state index contributed by atoms with van der Waals surface area (Å²) in [4.78, 5) is 0. The number of allylic oxidation sites excluding steroid dienone is 1. The third-order valence-electron chi connectivity index (χ3n) is 6.27. The van der Waals surface area contributed by atoms with E-state index in [1.807, 2.05) is 13.0 Å². The molecule has 2 aliphatic carbocycles. The molecule has 1 N–H and O–H groups in total. The molecule has 152 valence electrons. The van der Waals surface area contributed by atoms with Gasteiger partial charge in [0.25, 0.3) is 0 Å². The first kappa shape index (κ1) is 21.2. The largest absolute Gasteiger partial charge is 0.393 e. The molecule has 0 aromatic carbocycles. The van der Waals surface area contributed by atoms with E-state index in [1.54, 1.807) is 0 Å². The quantitative estimate of drug-likeness (QED) is 0.291. The van der Waals surface area contributed by atoms with E-state index in [4.69, 9.17) is 15.1 Å². The summed E-state index contributed by atoms with van der Waals surface area (Å²) in [7, 11) is 2.20. The lowest BCUT2D eigenvalue weighted by Gasteiger charge is -2.31. The SMILES string of the molecule is [3H]PO[C@@H]1C[C@H](O)[C@H](C/C=C\COCC)[C@H]1CC[C@@H](OP)C1CCCCC1. The minimum atomic E-state index is -0.349. The molecule has 0 aromatic rings. The summed E-state index contributed by atoms with van der Waals surface area (Å²) < 4.78 is 24.3. The number of hydrogen-bond donors (Lipinski definition) is 1. The van der Waals surface area contributed by atoms with Gasteiger partial charge in [0.15, 0.2) is 0 Å². The maximum atomic E-state index is 10.6. The second kappa shape index (κ2) is 12.8. The van der Waals surface area contributed by atoms with Gasteiger partial charge in [-0.25, -0.2) is 0 Å². The van der Waals surface area contributed by atoms with Crippen molar-refractivity contribution in [1.82, 2.24) is 0 Å². The topological polar surface area (TPSA) is 47.9 Å². The second-order valence-electron chi connectivity index (χ2n) is 7.80. The Balaban J connectivity index is 1.93. The average Bonchev–Trinajstić information content (AvgIpc) is 2.98. The molecule has 0 saturated heterocycles. The zero-order chi connectivity index (χ0) is 19.5. The maximum Gasteiger partial charge on any atom is 0.0851 e. The number of ether oxygens (including phenoxy) is 1. The Labute approximate surface area is 165 Å². The lowest BCUT2D eigenvalue weighted by atomic mass is 9.80. The van der Waals surface area contributed by atoms with Crippen LogP contribution in [0.1, 0.15) is 64.7 Å². The molecule has 0 aromatic heterocycles. The molecule has 0 heterocycles. The third kappa shape index (κ3) is 6.80.